The van der Waals surface area contributed by atoms with Gasteiger partial charge in [-0.3, -0.25) is 0 Å². The van der Waals surface area contributed by atoms with Gasteiger partial charge in [-0.25, -0.2) is 0 Å². The van der Waals surface area contributed by atoms with Crippen LogP contribution in [0.15, 0.2) is 168 Å². The standard InChI is InChI=1S/C40H27NO/c1-2-13-34(14-3-1)41(36-23-24-38-37-15-6-7-16-39(37)42-40(38)27-36)35-21-19-29(20-22-35)31-11-8-12-32(25-31)33-18-17-28-9-4-5-10-30(28)26-33/h1-27H. The van der Waals surface area contributed by atoms with E-state index in [1.807, 2.05) is 12.1 Å². The van der Waals surface area contributed by atoms with E-state index < -0.39 is 0 Å². The van der Waals surface area contributed by atoms with Crippen molar-refractivity contribution in [2.75, 3.05) is 4.90 Å². The van der Waals surface area contributed by atoms with E-state index in [9.17, 15) is 0 Å². The van der Waals surface area contributed by atoms with Crippen LogP contribution in [0.2, 0.25) is 0 Å². The molecule has 0 aliphatic rings. The molecule has 0 atom stereocenters. The van der Waals surface area contributed by atoms with Crippen molar-refractivity contribution >= 4 is 49.8 Å². The maximum Gasteiger partial charge on any atom is 0.137 e. The van der Waals surface area contributed by atoms with E-state index in [0.717, 1.165) is 39.0 Å². The van der Waals surface area contributed by atoms with Crippen molar-refractivity contribution in [1.82, 2.24) is 0 Å². The maximum absolute atomic E-state index is 6.24. The third kappa shape index (κ3) is 4.31. The zero-order valence-corrected chi connectivity index (χ0v) is 22.9. The summed E-state index contributed by atoms with van der Waals surface area (Å²) >= 11 is 0. The fourth-order valence-electron chi connectivity index (χ4n) is 5.93. The van der Waals surface area contributed by atoms with Gasteiger partial charge in [0.1, 0.15) is 11.2 Å². The van der Waals surface area contributed by atoms with E-state index in [0.29, 0.717) is 0 Å². The number of anilines is 3. The molecule has 198 valence electrons. The fourth-order valence-corrected chi connectivity index (χ4v) is 5.93. The van der Waals surface area contributed by atoms with E-state index in [1.54, 1.807) is 0 Å². The van der Waals surface area contributed by atoms with Gasteiger partial charge in [-0.2, -0.15) is 0 Å². The normalized spacial score (nSPS) is 11.3. The van der Waals surface area contributed by atoms with E-state index in [1.165, 1.54) is 33.0 Å². The van der Waals surface area contributed by atoms with Crippen molar-refractivity contribution in [2.24, 2.45) is 0 Å². The molecular weight excluding hydrogens is 510 g/mol. The predicted octanol–water partition coefficient (Wildman–Crippen LogP) is 11.5. The van der Waals surface area contributed by atoms with Gasteiger partial charge in [-0.1, -0.05) is 103 Å². The predicted molar refractivity (Wildman–Crippen MR) is 177 cm³/mol. The van der Waals surface area contributed by atoms with Gasteiger partial charge >= 0.3 is 0 Å². The average Bonchev–Trinajstić information content (AvgIpc) is 3.43. The molecule has 0 spiro atoms. The highest BCUT2D eigenvalue weighted by atomic mass is 16.3. The number of fused-ring (bicyclic) bond motifs is 4. The Labute approximate surface area is 244 Å². The molecule has 7 aromatic carbocycles. The lowest BCUT2D eigenvalue weighted by Gasteiger charge is -2.25. The summed E-state index contributed by atoms with van der Waals surface area (Å²) in [5.74, 6) is 0. The van der Waals surface area contributed by atoms with Crippen LogP contribution in [0.3, 0.4) is 0 Å². The first kappa shape index (κ1) is 24.2. The highest BCUT2D eigenvalue weighted by Crippen LogP contribution is 2.39. The van der Waals surface area contributed by atoms with Gasteiger partial charge < -0.3 is 9.32 Å². The molecule has 1 heterocycles. The van der Waals surface area contributed by atoms with E-state index in [2.05, 4.69) is 157 Å². The average molecular weight is 538 g/mol. The first-order valence-electron chi connectivity index (χ1n) is 14.3. The minimum Gasteiger partial charge on any atom is -0.456 e. The van der Waals surface area contributed by atoms with Crippen LogP contribution in [0.25, 0.3) is 55.0 Å². The Hall–Kier alpha value is -5.60. The second-order valence-electron chi connectivity index (χ2n) is 10.6. The molecule has 0 radical (unpaired) electrons. The van der Waals surface area contributed by atoms with Gasteiger partial charge in [0.05, 0.1) is 0 Å². The third-order valence-corrected chi connectivity index (χ3v) is 8.04. The van der Waals surface area contributed by atoms with E-state index in [4.69, 9.17) is 4.42 Å². The van der Waals surface area contributed by atoms with Gasteiger partial charge in [0, 0.05) is 33.9 Å². The molecule has 0 bridgehead atoms. The number of para-hydroxylation sites is 2. The Morgan fingerprint density at radius 2 is 0.952 bits per heavy atom. The van der Waals surface area contributed by atoms with Crippen LogP contribution in [0, 0.1) is 0 Å². The van der Waals surface area contributed by atoms with Crippen molar-refractivity contribution in [3.63, 3.8) is 0 Å². The van der Waals surface area contributed by atoms with Crippen LogP contribution in [0.4, 0.5) is 17.1 Å². The minimum atomic E-state index is 0.886. The largest absolute Gasteiger partial charge is 0.456 e. The molecule has 1 aromatic heterocycles. The van der Waals surface area contributed by atoms with E-state index >= 15 is 0 Å². The number of benzene rings is 7. The molecule has 2 heteroatoms. The molecule has 0 unspecified atom stereocenters. The van der Waals surface area contributed by atoms with Crippen LogP contribution in [-0.2, 0) is 0 Å². The number of hydrogen-bond acceptors (Lipinski definition) is 2. The molecule has 8 rings (SSSR count). The molecule has 0 saturated heterocycles. The van der Waals surface area contributed by atoms with Crippen LogP contribution >= 0.6 is 0 Å². The molecule has 0 aliphatic heterocycles. The van der Waals surface area contributed by atoms with E-state index in [-0.39, 0.29) is 0 Å². The molecule has 0 N–H and O–H groups in total. The summed E-state index contributed by atoms with van der Waals surface area (Å²) in [6.07, 6.45) is 0. The van der Waals surface area contributed by atoms with Gasteiger partial charge in [-0.05, 0) is 87.6 Å². The Kier molecular flexibility index (Phi) is 5.82. The lowest BCUT2D eigenvalue weighted by Crippen LogP contribution is -2.09. The summed E-state index contributed by atoms with van der Waals surface area (Å²) in [5, 5.41) is 4.78. The summed E-state index contributed by atoms with van der Waals surface area (Å²) in [5.41, 5.74) is 9.85. The topological polar surface area (TPSA) is 16.4 Å². The monoisotopic (exact) mass is 537 g/mol. The highest BCUT2D eigenvalue weighted by Gasteiger charge is 2.15. The summed E-state index contributed by atoms with van der Waals surface area (Å²) in [6, 6.07) is 58.0. The van der Waals surface area contributed by atoms with Crippen LogP contribution in [-0.4, -0.2) is 0 Å². The first-order chi connectivity index (χ1) is 20.8. The Balaban J connectivity index is 1.17. The summed E-state index contributed by atoms with van der Waals surface area (Å²) in [4.78, 5) is 2.28. The molecule has 8 aromatic rings. The number of furan rings is 1. The van der Waals surface area contributed by atoms with Crippen LogP contribution in [0.1, 0.15) is 0 Å². The first-order valence-corrected chi connectivity index (χ1v) is 14.3. The number of hydrogen-bond donors (Lipinski definition) is 0. The fraction of sp³-hybridized carbons (Fsp3) is 0. The lowest BCUT2D eigenvalue weighted by molar-refractivity contribution is 0.669. The molecule has 0 fully saturated rings. The minimum absolute atomic E-state index is 0.886. The summed E-state index contributed by atoms with van der Waals surface area (Å²) in [6.45, 7) is 0. The second kappa shape index (κ2) is 10.1. The molecule has 0 amide bonds. The Morgan fingerprint density at radius 1 is 0.333 bits per heavy atom. The lowest BCUT2D eigenvalue weighted by atomic mass is 9.97. The Bertz CT molecular complexity index is 2190. The van der Waals surface area contributed by atoms with Gasteiger partial charge in [0.25, 0.3) is 0 Å². The Morgan fingerprint density at radius 3 is 1.81 bits per heavy atom. The molecule has 2 nitrogen and oxygen atoms in total. The van der Waals surface area contributed by atoms with Gasteiger partial charge in [0.15, 0.2) is 0 Å². The zero-order chi connectivity index (χ0) is 27.9. The van der Waals surface area contributed by atoms with Crippen molar-refractivity contribution in [2.45, 2.75) is 0 Å². The van der Waals surface area contributed by atoms with Crippen LogP contribution < -0.4 is 4.90 Å². The van der Waals surface area contributed by atoms with Crippen molar-refractivity contribution < 1.29 is 4.42 Å². The van der Waals surface area contributed by atoms with Crippen molar-refractivity contribution in [3.8, 4) is 22.3 Å². The molecular formula is C40H27NO. The number of rotatable bonds is 5. The highest BCUT2D eigenvalue weighted by molar-refractivity contribution is 6.06. The number of nitrogens with zero attached hydrogens (tertiary/aromatic N) is 1. The third-order valence-electron chi connectivity index (χ3n) is 8.04. The quantitative estimate of drug-likeness (QED) is 0.217. The molecule has 0 aliphatic carbocycles. The summed E-state index contributed by atoms with van der Waals surface area (Å²) in [7, 11) is 0. The maximum atomic E-state index is 6.24. The van der Waals surface area contributed by atoms with Crippen molar-refractivity contribution in [3.05, 3.63) is 164 Å². The van der Waals surface area contributed by atoms with Gasteiger partial charge in [-0.15, -0.1) is 0 Å². The molecule has 42 heavy (non-hydrogen) atoms. The summed E-state index contributed by atoms with van der Waals surface area (Å²) < 4.78 is 6.24. The van der Waals surface area contributed by atoms with Gasteiger partial charge in [0.2, 0.25) is 0 Å². The van der Waals surface area contributed by atoms with Crippen molar-refractivity contribution in [1.29, 1.82) is 0 Å². The van der Waals surface area contributed by atoms with Crippen LogP contribution in [0.5, 0.6) is 0 Å². The zero-order valence-electron chi connectivity index (χ0n) is 22.9. The second-order valence-corrected chi connectivity index (χ2v) is 10.6. The molecule has 0 saturated carbocycles. The smallest absolute Gasteiger partial charge is 0.137 e. The SMILES string of the molecule is c1ccc(N(c2ccc(-c3cccc(-c4ccc5ccccc5c4)c3)cc2)c2ccc3c(c2)oc2ccccc23)cc1.